The molecule has 0 aliphatic rings. The summed E-state index contributed by atoms with van der Waals surface area (Å²) in [6.07, 6.45) is 3.00. The number of para-hydroxylation sites is 1. The Labute approximate surface area is 145 Å². The Kier molecular flexibility index (Phi) is 4.61. The van der Waals surface area contributed by atoms with E-state index in [1.54, 1.807) is 30.3 Å². The molecular weight excluding hydrogens is 318 g/mol. The molecule has 126 valence electrons. The number of nitrogens with zero attached hydrogens (tertiary/aromatic N) is 3. The second-order valence-corrected chi connectivity index (χ2v) is 5.64. The number of rotatable bonds is 5. The SMILES string of the molecule is CN(C)c1ccc(/C=C/C(=O)c2c([O-])on[n+]2-c2ccccc2)cc1. The van der Waals surface area contributed by atoms with Crippen LogP contribution < -0.4 is 14.7 Å². The first-order valence-corrected chi connectivity index (χ1v) is 7.70. The highest BCUT2D eigenvalue weighted by Gasteiger charge is 2.25. The number of allylic oxidation sites excluding steroid dienone is 1. The molecule has 3 rings (SSSR count). The highest BCUT2D eigenvalue weighted by molar-refractivity contribution is 6.05. The van der Waals surface area contributed by atoms with Crippen LogP contribution in [-0.4, -0.2) is 25.1 Å². The zero-order valence-electron chi connectivity index (χ0n) is 13.9. The summed E-state index contributed by atoms with van der Waals surface area (Å²) in [6.45, 7) is 0. The monoisotopic (exact) mass is 335 g/mol. The van der Waals surface area contributed by atoms with E-state index >= 15 is 0 Å². The third-order valence-corrected chi connectivity index (χ3v) is 3.68. The van der Waals surface area contributed by atoms with Gasteiger partial charge in [0.15, 0.2) is 5.95 Å². The lowest BCUT2D eigenvalue weighted by atomic mass is 10.1. The lowest BCUT2D eigenvalue weighted by molar-refractivity contribution is -0.672. The molecule has 2 aromatic carbocycles. The number of benzene rings is 2. The van der Waals surface area contributed by atoms with Crippen molar-refractivity contribution in [2.45, 2.75) is 0 Å². The fraction of sp³-hybridized carbons (Fsp3) is 0.105. The van der Waals surface area contributed by atoms with Gasteiger partial charge in [-0.2, -0.15) is 0 Å². The number of anilines is 1. The summed E-state index contributed by atoms with van der Waals surface area (Å²) in [5.74, 6) is -1.23. The van der Waals surface area contributed by atoms with Gasteiger partial charge >= 0.3 is 5.69 Å². The van der Waals surface area contributed by atoms with Gasteiger partial charge in [-0.25, -0.2) is 0 Å². The maximum Gasteiger partial charge on any atom is 0.310 e. The molecule has 25 heavy (non-hydrogen) atoms. The molecular formula is C19H17N3O3. The Bertz CT molecular complexity index is 897. The molecule has 1 aromatic heterocycles. The quantitative estimate of drug-likeness (QED) is 0.405. The zero-order chi connectivity index (χ0) is 17.8. The number of aromatic nitrogens is 2. The first-order valence-electron chi connectivity index (χ1n) is 7.70. The molecule has 0 unspecified atom stereocenters. The van der Waals surface area contributed by atoms with E-state index in [4.69, 9.17) is 0 Å². The fourth-order valence-electron chi connectivity index (χ4n) is 2.33. The van der Waals surface area contributed by atoms with Gasteiger partial charge in [-0.15, -0.1) is 0 Å². The number of carbonyl (C=O) groups is 1. The van der Waals surface area contributed by atoms with Crippen molar-refractivity contribution < 1.29 is 19.1 Å². The summed E-state index contributed by atoms with van der Waals surface area (Å²) in [5.41, 5.74) is 2.37. The van der Waals surface area contributed by atoms with Crippen molar-refractivity contribution in [2.24, 2.45) is 0 Å². The van der Waals surface area contributed by atoms with Gasteiger partial charge in [-0.1, -0.05) is 36.4 Å². The maximum atomic E-state index is 12.5. The third-order valence-electron chi connectivity index (χ3n) is 3.68. The van der Waals surface area contributed by atoms with Crippen molar-refractivity contribution in [3.63, 3.8) is 0 Å². The lowest BCUT2D eigenvalue weighted by Gasteiger charge is -2.11. The average molecular weight is 335 g/mol. The van der Waals surface area contributed by atoms with E-state index < -0.39 is 11.7 Å². The van der Waals surface area contributed by atoms with Gasteiger partial charge in [0.1, 0.15) is 0 Å². The number of ketones is 1. The molecule has 6 nitrogen and oxygen atoms in total. The normalized spacial score (nSPS) is 11.0. The summed E-state index contributed by atoms with van der Waals surface area (Å²) < 4.78 is 5.87. The zero-order valence-corrected chi connectivity index (χ0v) is 13.9. The highest BCUT2D eigenvalue weighted by atomic mass is 16.6. The van der Waals surface area contributed by atoms with E-state index in [1.165, 1.54) is 10.8 Å². The van der Waals surface area contributed by atoms with Crippen LogP contribution in [0.2, 0.25) is 0 Å². The average Bonchev–Trinajstić information content (AvgIpc) is 3.02. The summed E-state index contributed by atoms with van der Waals surface area (Å²) in [4.78, 5) is 14.4. The van der Waals surface area contributed by atoms with E-state index in [9.17, 15) is 9.90 Å². The van der Waals surface area contributed by atoms with Gasteiger partial charge in [0.2, 0.25) is 5.69 Å². The van der Waals surface area contributed by atoms with Crippen LogP contribution in [0.3, 0.4) is 0 Å². The van der Waals surface area contributed by atoms with Crippen LogP contribution in [0.5, 0.6) is 5.95 Å². The van der Waals surface area contributed by atoms with Crippen molar-refractivity contribution in [1.82, 2.24) is 5.27 Å². The molecule has 0 N–H and O–H groups in total. The largest absolute Gasteiger partial charge is 0.539 e. The smallest absolute Gasteiger partial charge is 0.310 e. The molecule has 0 aliphatic heterocycles. The van der Waals surface area contributed by atoms with Crippen LogP contribution in [0.4, 0.5) is 5.69 Å². The summed E-state index contributed by atoms with van der Waals surface area (Å²) in [5, 5.41) is 15.5. The van der Waals surface area contributed by atoms with Crippen LogP contribution in [0.1, 0.15) is 16.1 Å². The molecule has 0 saturated carbocycles. The second kappa shape index (κ2) is 7.00. The first kappa shape index (κ1) is 16.4. The predicted octanol–water partition coefficient (Wildman–Crippen LogP) is 1.99. The Balaban J connectivity index is 1.85. The van der Waals surface area contributed by atoms with Gasteiger partial charge < -0.3 is 14.5 Å². The summed E-state index contributed by atoms with van der Waals surface area (Å²) in [6, 6.07) is 16.6. The summed E-state index contributed by atoms with van der Waals surface area (Å²) >= 11 is 0. The Hall–Kier alpha value is -3.41. The topological polar surface area (TPSA) is 73.3 Å². The molecule has 0 amide bonds. The first-order chi connectivity index (χ1) is 12.1. The van der Waals surface area contributed by atoms with E-state index in [0.29, 0.717) is 5.69 Å². The molecule has 0 saturated heterocycles. The van der Waals surface area contributed by atoms with Gasteiger partial charge in [0.05, 0.1) is 5.27 Å². The second-order valence-electron chi connectivity index (χ2n) is 5.64. The minimum atomic E-state index is -0.763. The molecule has 0 atom stereocenters. The Morgan fingerprint density at radius 3 is 2.44 bits per heavy atom. The van der Waals surface area contributed by atoms with Crippen LogP contribution in [0.15, 0.2) is 65.2 Å². The molecule has 0 bridgehead atoms. The predicted molar refractivity (Wildman–Crippen MR) is 91.6 cm³/mol. The minimum absolute atomic E-state index is 0.132. The van der Waals surface area contributed by atoms with E-state index in [1.807, 2.05) is 49.3 Å². The van der Waals surface area contributed by atoms with Gasteiger partial charge in [-0.05, 0) is 28.5 Å². The molecule has 3 aromatic rings. The molecule has 0 aliphatic carbocycles. The van der Waals surface area contributed by atoms with Gasteiger partial charge in [-0.3, -0.25) is 4.79 Å². The molecule has 0 radical (unpaired) electrons. The van der Waals surface area contributed by atoms with E-state index in [0.717, 1.165) is 11.3 Å². The van der Waals surface area contributed by atoms with Crippen molar-refractivity contribution in [2.75, 3.05) is 19.0 Å². The van der Waals surface area contributed by atoms with Crippen LogP contribution in [0.25, 0.3) is 11.8 Å². The van der Waals surface area contributed by atoms with Crippen LogP contribution in [-0.2, 0) is 0 Å². The number of hydrogen-bond acceptors (Lipinski definition) is 5. The van der Waals surface area contributed by atoms with Crippen LogP contribution in [0, 0.1) is 0 Å². The molecule has 6 heteroatoms. The standard InChI is InChI=1S/C19H17N3O3/c1-21(2)15-11-8-14(9-12-15)10-13-17(23)18-19(24)25-20-22(18)16-6-4-3-5-7-16/h3-13H,1-2H3/b13-10+. The fourth-order valence-corrected chi connectivity index (χ4v) is 2.33. The number of hydrogen-bond donors (Lipinski definition) is 0. The minimum Gasteiger partial charge on any atom is -0.539 e. The van der Waals surface area contributed by atoms with E-state index in [2.05, 4.69) is 9.79 Å². The maximum absolute atomic E-state index is 12.5. The van der Waals surface area contributed by atoms with Gasteiger partial charge in [0.25, 0.3) is 5.78 Å². The van der Waals surface area contributed by atoms with Crippen molar-refractivity contribution in [3.8, 4) is 11.6 Å². The Morgan fingerprint density at radius 1 is 1.12 bits per heavy atom. The molecule has 1 heterocycles. The lowest BCUT2D eigenvalue weighted by Crippen LogP contribution is -2.38. The van der Waals surface area contributed by atoms with Gasteiger partial charge in [0, 0.05) is 31.9 Å². The summed E-state index contributed by atoms with van der Waals surface area (Å²) in [7, 11) is 3.91. The third kappa shape index (κ3) is 3.58. The molecule has 0 spiro atoms. The number of carbonyl (C=O) groups excluding carboxylic acids is 1. The highest BCUT2D eigenvalue weighted by Crippen LogP contribution is 2.15. The van der Waals surface area contributed by atoms with Crippen LogP contribution >= 0.6 is 0 Å². The van der Waals surface area contributed by atoms with Crippen molar-refractivity contribution >= 4 is 17.5 Å². The molecule has 0 fully saturated rings. The van der Waals surface area contributed by atoms with E-state index in [-0.39, 0.29) is 5.69 Å². The van der Waals surface area contributed by atoms with Crippen molar-refractivity contribution in [3.05, 3.63) is 71.9 Å². The van der Waals surface area contributed by atoms with Crippen molar-refractivity contribution in [1.29, 1.82) is 0 Å². The Morgan fingerprint density at radius 2 is 1.80 bits per heavy atom.